The average Bonchev–Trinajstić information content (AvgIpc) is 3.61. The highest BCUT2D eigenvalue weighted by Gasteiger charge is 2.22. The summed E-state index contributed by atoms with van der Waals surface area (Å²) in [6, 6.07) is 0. The Morgan fingerprint density at radius 3 is 1.02 bits per heavy atom. The van der Waals surface area contributed by atoms with Crippen LogP contribution in [0.4, 0.5) is 0 Å². The van der Waals surface area contributed by atoms with Crippen molar-refractivity contribution in [2.24, 2.45) is 0 Å². The first-order chi connectivity index (χ1) is 41.0. The Morgan fingerprint density at radius 2 is 0.679 bits per heavy atom. The van der Waals surface area contributed by atoms with Gasteiger partial charge in [-0.3, -0.25) is 14.2 Å². The van der Waals surface area contributed by atoms with E-state index >= 15 is 0 Å². The molecule has 488 valence electrons. The number of phosphoric ester groups is 1. The second-order valence-corrected chi connectivity index (χ2v) is 26.3. The first kappa shape index (κ1) is 81.2. The third-order valence-electron chi connectivity index (χ3n) is 15.4. The molecule has 0 spiro atoms. The van der Waals surface area contributed by atoms with Crippen LogP contribution in [0.15, 0.2) is 85.1 Å². The van der Waals surface area contributed by atoms with Gasteiger partial charge in [-0.15, -0.1) is 0 Å². The predicted octanol–water partition coefficient (Wildman–Crippen LogP) is 22.3. The van der Waals surface area contributed by atoms with E-state index in [9.17, 15) is 19.0 Å². The van der Waals surface area contributed by atoms with Gasteiger partial charge < -0.3 is 27.9 Å². The van der Waals surface area contributed by atoms with Gasteiger partial charge in [-0.05, 0) is 89.9 Å². The molecule has 0 bridgehead atoms. The van der Waals surface area contributed by atoms with Gasteiger partial charge >= 0.3 is 11.9 Å². The minimum atomic E-state index is -4.64. The molecule has 0 radical (unpaired) electrons. The molecule has 10 heteroatoms. The fraction of sp³-hybridized carbons (Fsp3) is 0.784. The standard InChI is InChI=1S/C74H134NO8P/c1-6-8-10-12-14-16-18-20-22-24-26-28-30-32-34-35-36-37-38-39-41-43-45-47-49-51-53-55-57-59-61-63-65-67-74(77)83-72(71-82-84(78,79)81-69-68-75(3,4)5)70-80-73(76)66-64-62-60-58-56-54-52-50-48-46-44-42-40-33-31-29-27-25-23-21-19-17-15-13-11-9-7-2/h8,10,14,16,20,22,25-28,32,34,36-37,72H,6-7,9,11-13,15,17-19,21,23-24,29-31,33,35,38-71H2,1-5H3/b10-8-,16-14-,22-20-,27-25-,28-26-,34-32-,37-36-. The zero-order valence-electron chi connectivity index (χ0n) is 55.6. The zero-order chi connectivity index (χ0) is 61.2. The number of carbonyl (C=O) groups excluding carboxylic acids is 2. The summed E-state index contributed by atoms with van der Waals surface area (Å²) in [5.41, 5.74) is 0. The molecule has 0 rings (SSSR count). The molecular weight excluding hydrogens is 1060 g/mol. The smallest absolute Gasteiger partial charge is 0.306 e. The van der Waals surface area contributed by atoms with Gasteiger partial charge in [0.15, 0.2) is 6.10 Å². The molecule has 0 heterocycles. The zero-order valence-corrected chi connectivity index (χ0v) is 56.5. The van der Waals surface area contributed by atoms with Crippen molar-refractivity contribution in [2.45, 2.75) is 328 Å². The highest BCUT2D eigenvalue weighted by atomic mass is 31.2. The van der Waals surface area contributed by atoms with Gasteiger partial charge in [0.2, 0.25) is 0 Å². The van der Waals surface area contributed by atoms with E-state index in [1.807, 2.05) is 21.1 Å². The number of esters is 2. The lowest BCUT2D eigenvalue weighted by Crippen LogP contribution is -2.37. The lowest BCUT2D eigenvalue weighted by molar-refractivity contribution is -0.870. The van der Waals surface area contributed by atoms with Crippen LogP contribution in [-0.2, 0) is 32.7 Å². The van der Waals surface area contributed by atoms with Crippen LogP contribution in [0.1, 0.15) is 322 Å². The quantitative estimate of drug-likeness (QED) is 0.0195. The third-order valence-corrected chi connectivity index (χ3v) is 16.4. The van der Waals surface area contributed by atoms with Gasteiger partial charge in [0, 0.05) is 12.8 Å². The number of hydrogen-bond acceptors (Lipinski definition) is 8. The number of carbonyl (C=O) groups is 2. The van der Waals surface area contributed by atoms with Crippen LogP contribution in [0.2, 0.25) is 0 Å². The molecule has 2 unspecified atom stereocenters. The Labute approximate surface area is 520 Å². The van der Waals surface area contributed by atoms with E-state index in [0.717, 1.165) is 77.0 Å². The Hall–Kier alpha value is -2.81. The van der Waals surface area contributed by atoms with Gasteiger partial charge in [0.1, 0.15) is 19.8 Å². The summed E-state index contributed by atoms with van der Waals surface area (Å²) in [6.07, 6.45) is 88.0. The summed E-state index contributed by atoms with van der Waals surface area (Å²) in [5.74, 6) is -0.823. The first-order valence-electron chi connectivity index (χ1n) is 35.3. The van der Waals surface area contributed by atoms with Crippen LogP contribution in [-0.4, -0.2) is 70.0 Å². The van der Waals surface area contributed by atoms with Crippen molar-refractivity contribution < 1.29 is 42.1 Å². The highest BCUT2D eigenvalue weighted by Crippen LogP contribution is 2.38. The van der Waals surface area contributed by atoms with E-state index in [4.69, 9.17) is 18.5 Å². The molecule has 0 saturated carbocycles. The molecule has 84 heavy (non-hydrogen) atoms. The van der Waals surface area contributed by atoms with Gasteiger partial charge in [0.25, 0.3) is 7.82 Å². The fourth-order valence-electron chi connectivity index (χ4n) is 10.0. The summed E-state index contributed by atoms with van der Waals surface area (Å²) in [4.78, 5) is 38.1. The Bertz CT molecular complexity index is 1690. The van der Waals surface area contributed by atoms with Crippen LogP contribution in [0, 0.1) is 0 Å². The van der Waals surface area contributed by atoms with Crippen molar-refractivity contribution in [3.05, 3.63) is 85.1 Å². The monoisotopic (exact) mass is 1200 g/mol. The maximum Gasteiger partial charge on any atom is 0.306 e. The van der Waals surface area contributed by atoms with Crippen LogP contribution in [0.3, 0.4) is 0 Å². The van der Waals surface area contributed by atoms with Crippen LogP contribution < -0.4 is 4.89 Å². The van der Waals surface area contributed by atoms with Crippen molar-refractivity contribution in [1.82, 2.24) is 0 Å². The fourth-order valence-corrected chi connectivity index (χ4v) is 10.7. The van der Waals surface area contributed by atoms with Crippen LogP contribution in [0.25, 0.3) is 0 Å². The van der Waals surface area contributed by atoms with Gasteiger partial charge in [0.05, 0.1) is 27.7 Å². The van der Waals surface area contributed by atoms with Gasteiger partial charge in [-0.25, -0.2) is 0 Å². The number of quaternary nitrogens is 1. The number of nitrogens with zero attached hydrogens (tertiary/aromatic N) is 1. The normalized spacial score (nSPS) is 13.6. The summed E-state index contributed by atoms with van der Waals surface area (Å²) in [6.45, 7) is 4.17. The molecule has 0 aromatic rings. The molecule has 9 nitrogen and oxygen atoms in total. The molecule has 0 aliphatic rings. The second-order valence-electron chi connectivity index (χ2n) is 24.9. The summed E-state index contributed by atoms with van der Waals surface area (Å²) in [7, 11) is 1.17. The molecule has 0 aliphatic carbocycles. The van der Waals surface area contributed by atoms with E-state index < -0.39 is 26.5 Å². The van der Waals surface area contributed by atoms with Crippen molar-refractivity contribution in [3.8, 4) is 0 Å². The largest absolute Gasteiger partial charge is 0.756 e. The number of ether oxygens (including phenoxy) is 2. The summed E-state index contributed by atoms with van der Waals surface area (Å²) in [5, 5.41) is 0. The minimum Gasteiger partial charge on any atom is -0.756 e. The highest BCUT2D eigenvalue weighted by molar-refractivity contribution is 7.45. The van der Waals surface area contributed by atoms with Crippen molar-refractivity contribution in [1.29, 1.82) is 0 Å². The summed E-state index contributed by atoms with van der Waals surface area (Å²) < 4.78 is 34.3. The lowest BCUT2D eigenvalue weighted by Gasteiger charge is -2.28. The predicted molar refractivity (Wildman–Crippen MR) is 360 cm³/mol. The average molecular weight is 1200 g/mol. The van der Waals surface area contributed by atoms with E-state index in [0.29, 0.717) is 17.4 Å². The molecule has 0 aromatic carbocycles. The van der Waals surface area contributed by atoms with E-state index in [1.54, 1.807) is 0 Å². The van der Waals surface area contributed by atoms with E-state index in [2.05, 4.69) is 98.9 Å². The molecule has 0 aliphatic heterocycles. The Kier molecular flexibility index (Phi) is 62.5. The number of allylic oxidation sites excluding steroid dienone is 14. The van der Waals surface area contributed by atoms with Gasteiger partial charge in [-0.2, -0.15) is 0 Å². The molecule has 0 saturated heterocycles. The van der Waals surface area contributed by atoms with Crippen molar-refractivity contribution in [2.75, 3.05) is 47.5 Å². The van der Waals surface area contributed by atoms with Crippen molar-refractivity contribution in [3.63, 3.8) is 0 Å². The molecule has 0 N–H and O–H groups in total. The molecule has 0 fully saturated rings. The first-order valence-corrected chi connectivity index (χ1v) is 36.8. The lowest BCUT2D eigenvalue weighted by atomic mass is 10.0. The topological polar surface area (TPSA) is 111 Å². The molecule has 0 aromatic heterocycles. The third kappa shape index (κ3) is 68.3. The van der Waals surface area contributed by atoms with E-state index in [-0.39, 0.29) is 32.0 Å². The SMILES string of the molecule is CC/C=C\C/C=C\C/C=C\C/C=C\C/C=C\C/C=C\CCCCCCCCCCCCCCCCC(=O)OC(COC(=O)CCCCCCCCCCCCCCCCC/C=C\CCCCCCCCCC)COP(=O)([O-])OCC[N+](C)(C)C. The number of hydrogen-bond donors (Lipinski definition) is 0. The minimum absolute atomic E-state index is 0.0320. The molecule has 2 atom stereocenters. The van der Waals surface area contributed by atoms with Gasteiger partial charge in [-0.1, -0.05) is 304 Å². The molecule has 0 amide bonds. The maximum absolute atomic E-state index is 12.9. The summed E-state index contributed by atoms with van der Waals surface area (Å²) >= 11 is 0. The Morgan fingerprint density at radius 1 is 0.381 bits per heavy atom. The number of phosphoric acid groups is 1. The number of unbranched alkanes of at least 4 members (excludes halogenated alkanes) is 37. The van der Waals surface area contributed by atoms with Crippen LogP contribution >= 0.6 is 7.82 Å². The van der Waals surface area contributed by atoms with Crippen LogP contribution in [0.5, 0.6) is 0 Å². The Balaban J connectivity index is 4.04. The number of rotatable bonds is 65. The molecular formula is C74H134NO8P. The van der Waals surface area contributed by atoms with E-state index in [1.165, 1.54) is 212 Å². The number of likely N-dealkylation sites (N-methyl/N-ethyl adjacent to an activating group) is 1. The maximum atomic E-state index is 12.9. The second kappa shape index (κ2) is 64.7. The van der Waals surface area contributed by atoms with Crippen molar-refractivity contribution >= 4 is 19.8 Å².